The molecule has 1 aliphatic rings. The second kappa shape index (κ2) is 6.58. The Morgan fingerprint density at radius 2 is 2.00 bits per heavy atom. The van der Waals surface area contributed by atoms with Crippen molar-refractivity contribution >= 4 is 15.9 Å². The van der Waals surface area contributed by atoms with Crippen LogP contribution in [0.2, 0.25) is 0 Å². The number of hydrogen-bond donors (Lipinski definition) is 0. The predicted molar refractivity (Wildman–Crippen MR) is 78.7 cm³/mol. The molecule has 2 rings (SSSR count). The predicted octanol–water partition coefficient (Wildman–Crippen LogP) is 5.66. The van der Waals surface area contributed by atoms with Crippen LogP contribution in [0.25, 0.3) is 0 Å². The molecule has 2 atom stereocenters. The first-order valence-electron chi connectivity index (χ1n) is 7.04. The molecule has 1 aliphatic carbocycles. The average Bonchev–Trinajstić information content (AvgIpc) is 2.37. The van der Waals surface area contributed by atoms with Gasteiger partial charge >= 0.3 is 0 Å². The molecule has 1 aromatic carbocycles. The molecule has 0 bridgehead atoms. The van der Waals surface area contributed by atoms with Crippen LogP contribution in [0.15, 0.2) is 24.3 Å². The molecule has 0 nitrogen and oxygen atoms in total. The number of rotatable bonds is 5. The first-order chi connectivity index (χ1) is 8.33. The van der Waals surface area contributed by atoms with Crippen molar-refractivity contribution < 1.29 is 0 Å². The van der Waals surface area contributed by atoms with Gasteiger partial charge in [-0.2, -0.15) is 0 Å². The maximum absolute atomic E-state index is 3.92. The lowest BCUT2D eigenvalue weighted by atomic mass is 9.81. The largest absolute Gasteiger partial charge is 0.0836 e. The van der Waals surface area contributed by atoms with Gasteiger partial charge in [0.05, 0.1) is 0 Å². The van der Waals surface area contributed by atoms with Gasteiger partial charge in [0.25, 0.3) is 0 Å². The summed E-state index contributed by atoms with van der Waals surface area (Å²) in [5, 5.41) is 0. The monoisotopic (exact) mass is 294 g/mol. The summed E-state index contributed by atoms with van der Waals surface area (Å²) in [6, 6.07) is 8.93. The van der Waals surface area contributed by atoms with Gasteiger partial charge in [0, 0.05) is 4.83 Å². The lowest BCUT2D eigenvalue weighted by Crippen LogP contribution is -2.16. The van der Waals surface area contributed by atoms with Crippen LogP contribution >= 0.6 is 15.9 Å². The summed E-state index contributed by atoms with van der Waals surface area (Å²) in [4.78, 5) is 0.592. The quantitative estimate of drug-likeness (QED) is 0.486. The van der Waals surface area contributed by atoms with E-state index < -0.39 is 0 Å². The highest BCUT2D eigenvalue weighted by molar-refractivity contribution is 9.09. The highest BCUT2D eigenvalue weighted by atomic mass is 79.9. The van der Waals surface area contributed by atoms with E-state index in [2.05, 4.69) is 47.1 Å². The summed E-state index contributed by atoms with van der Waals surface area (Å²) < 4.78 is 0. The third kappa shape index (κ3) is 3.34. The van der Waals surface area contributed by atoms with E-state index in [1.54, 1.807) is 11.1 Å². The second-order valence-electron chi connectivity index (χ2n) is 5.25. The minimum atomic E-state index is 0.592. The van der Waals surface area contributed by atoms with Crippen LogP contribution in [-0.2, 0) is 6.42 Å². The van der Waals surface area contributed by atoms with Gasteiger partial charge in [-0.1, -0.05) is 72.8 Å². The fourth-order valence-electron chi connectivity index (χ4n) is 2.90. The van der Waals surface area contributed by atoms with E-state index in [1.165, 1.54) is 44.9 Å². The lowest BCUT2D eigenvalue weighted by molar-refractivity contribution is 0.403. The molecule has 94 valence electrons. The molecule has 0 saturated carbocycles. The maximum Gasteiger partial charge on any atom is 0.0426 e. The van der Waals surface area contributed by atoms with E-state index in [1.807, 2.05) is 0 Å². The molecule has 0 heterocycles. The van der Waals surface area contributed by atoms with E-state index in [0.717, 1.165) is 5.92 Å². The Morgan fingerprint density at radius 1 is 1.18 bits per heavy atom. The number of hydrogen-bond acceptors (Lipinski definition) is 0. The summed E-state index contributed by atoms with van der Waals surface area (Å²) in [5.41, 5.74) is 3.10. The summed E-state index contributed by atoms with van der Waals surface area (Å²) >= 11 is 3.92. The van der Waals surface area contributed by atoms with Crippen molar-refractivity contribution in [3.63, 3.8) is 0 Å². The van der Waals surface area contributed by atoms with Crippen molar-refractivity contribution in [2.24, 2.45) is 5.92 Å². The SMILES string of the molecule is CCCCCCC1CCc2ccccc2C1Br. The maximum atomic E-state index is 3.92. The molecule has 0 aromatic heterocycles. The van der Waals surface area contributed by atoms with Gasteiger partial charge in [0.1, 0.15) is 0 Å². The van der Waals surface area contributed by atoms with E-state index >= 15 is 0 Å². The lowest BCUT2D eigenvalue weighted by Gasteiger charge is -2.30. The number of alkyl halides is 1. The third-order valence-corrected chi connectivity index (χ3v) is 5.22. The number of benzene rings is 1. The Bertz CT molecular complexity index is 345. The molecule has 1 heteroatoms. The van der Waals surface area contributed by atoms with Gasteiger partial charge in [0.2, 0.25) is 0 Å². The van der Waals surface area contributed by atoms with Crippen LogP contribution in [0, 0.1) is 5.92 Å². The van der Waals surface area contributed by atoms with Crippen molar-refractivity contribution in [1.29, 1.82) is 0 Å². The Kier molecular flexibility index (Phi) is 5.09. The highest BCUT2D eigenvalue weighted by Crippen LogP contribution is 2.42. The molecule has 2 unspecified atom stereocenters. The molecular weight excluding hydrogens is 272 g/mol. The Labute approximate surface area is 114 Å². The average molecular weight is 295 g/mol. The van der Waals surface area contributed by atoms with E-state index in [0.29, 0.717) is 4.83 Å². The summed E-state index contributed by atoms with van der Waals surface area (Å²) in [7, 11) is 0. The number of halogens is 1. The molecular formula is C16H23Br. The Hall–Kier alpha value is -0.300. The molecule has 0 radical (unpaired) electrons. The van der Waals surface area contributed by atoms with Gasteiger partial charge in [-0.15, -0.1) is 0 Å². The van der Waals surface area contributed by atoms with Crippen LogP contribution in [0.1, 0.15) is 61.4 Å². The minimum Gasteiger partial charge on any atom is -0.0836 e. The van der Waals surface area contributed by atoms with E-state index in [-0.39, 0.29) is 0 Å². The summed E-state index contributed by atoms with van der Waals surface area (Å²) in [5.74, 6) is 0.849. The van der Waals surface area contributed by atoms with Crippen molar-refractivity contribution in [3.8, 4) is 0 Å². The van der Waals surface area contributed by atoms with Crippen LogP contribution < -0.4 is 0 Å². The zero-order valence-corrected chi connectivity index (χ0v) is 12.4. The van der Waals surface area contributed by atoms with E-state index in [9.17, 15) is 0 Å². The topological polar surface area (TPSA) is 0 Å². The van der Waals surface area contributed by atoms with Gasteiger partial charge in [-0.25, -0.2) is 0 Å². The summed E-state index contributed by atoms with van der Waals surface area (Å²) in [6.07, 6.45) is 9.58. The number of fused-ring (bicyclic) bond motifs is 1. The Morgan fingerprint density at radius 3 is 2.82 bits per heavy atom. The summed E-state index contributed by atoms with van der Waals surface area (Å²) in [6.45, 7) is 2.28. The smallest absolute Gasteiger partial charge is 0.0426 e. The van der Waals surface area contributed by atoms with Gasteiger partial charge < -0.3 is 0 Å². The zero-order chi connectivity index (χ0) is 12.1. The van der Waals surface area contributed by atoms with Crippen molar-refractivity contribution in [2.75, 3.05) is 0 Å². The van der Waals surface area contributed by atoms with Crippen molar-refractivity contribution in [2.45, 2.75) is 56.7 Å². The number of unbranched alkanes of at least 4 members (excludes halogenated alkanes) is 3. The van der Waals surface area contributed by atoms with Crippen LogP contribution in [-0.4, -0.2) is 0 Å². The molecule has 1 aromatic rings. The third-order valence-electron chi connectivity index (χ3n) is 3.98. The zero-order valence-electron chi connectivity index (χ0n) is 10.8. The molecule has 0 amide bonds. The van der Waals surface area contributed by atoms with Crippen LogP contribution in [0.5, 0.6) is 0 Å². The van der Waals surface area contributed by atoms with Crippen molar-refractivity contribution in [1.82, 2.24) is 0 Å². The fraction of sp³-hybridized carbons (Fsp3) is 0.625. The molecule has 0 fully saturated rings. The Balaban J connectivity index is 1.90. The molecule has 0 saturated heterocycles. The minimum absolute atomic E-state index is 0.592. The number of aryl methyl sites for hydroxylation is 1. The van der Waals surface area contributed by atoms with Crippen molar-refractivity contribution in [3.05, 3.63) is 35.4 Å². The molecule has 0 spiro atoms. The van der Waals surface area contributed by atoms with Gasteiger partial charge in [0.15, 0.2) is 0 Å². The molecule has 17 heavy (non-hydrogen) atoms. The van der Waals surface area contributed by atoms with Crippen LogP contribution in [0.3, 0.4) is 0 Å². The van der Waals surface area contributed by atoms with E-state index in [4.69, 9.17) is 0 Å². The van der Waals surface area contributed by atoms with Gasteiger partial charge in [-0.05, 0) is 36.3 Å². The first kappa shape index (κ1) is 13.1. The first-order valence-corrected chi connectivity index (χ1v) is 7.96. The molecule has 0 N–H and O–H groups in total. The normalized spacial score (nSPS) is 23.4. The molecule has 0 aliphatic heterocycles. The fourth-order valence-corrected chi connectivity index (χ4v) is 3.87. The standard InChI is InChI=1S/C16H23Br/c1-2-3-4-5-9-14-12-11-13-8-6-7-10-15(13)16(14)17/h6-8,10,14,16H,2-5,9,11-12H2,1H3. The second-order valence-corrected chi connectivity index (χ2v) is 6.24. The van der Waals surface area contributed by atoms with Gasteiger partial charge in [-0.3, -0.25) is 0 Å². The highest BCUT2D eigenvalue weighted by Gasteiger charge is 2.26. The van der Waals surface area contributed by atoms with Crippen LogP contribution in [0.4, 0.5) is 0 Å².